The number of urea groups is 1. The fourth-order valence-electron chi connectivity index (χ4n) is 10.2. The number of ether oxygens (including phenoxy) is 6. The molecule has 0 spiro atoms. The molecular formula is C56H78FN11O10. The molecule has 0 bridgehead atoms. The number of rotatable bonds is 15. The van der Waals surface area contributed by atoms with Gasteiger partial charge in [-0.3, -0.25) is 44.4 Å². The molecule has 4 amide bonds. The topological polar surface area (TPSA) is 227 Å². The molecule has 2 fully saturated rings. The van der Waals surface area contributed by atoms with Crippen molar-refractivity contribution in [2.24, 2.45) is 0 Å². The second kappa shape index (κ2) is 29.0. The summed E-state index contributed by atoms with van der Waals surface area (Å²) in [6.45, 7) is 5.17. The van der Waals surface area contributed by atoms with E-state index in [4.69, 9.17) is 43.7 Å². The van der Waals surface area contributed by atoms with Crippen molar-refractivity contribution in [3.63, 3.8) is 0 Å². The molecule has 0 saturated carbocycles. The Morgan fingerprint density at radius 1 is 0.679 bits per heavy atom. The van der Waals surface area contributed by atoms with Crippen LogP contribution < -0.4 is 10.2 Å². The van der Waals surface area contributed by atoms with Gasteiger partial charge >= 0.3 is 6.03 Å². The zero-order valence-corrected chi connectivity index (χ0v) is 45.6. The molecule has 22 heteroatoms. The van der Waals surface area contributed by atoms with Crippen LogP contribution in [0.2, 0.25) is 0 Å². The number of aldehydes is 1. The second-order valence-electron chi connectivity index (χ2n) is 19.6. The minimum atomic E-state index is -0.797. The summed E-state index contributed by atoms with van der Waals surface area (Å²) in [6.07, 6.45) is 10.2. The first kappa shape index (κ1) is 60.8. The van der Waals surface area contributed by atoms with E-state index in [9.17, 15) is 23.6 Å². The molecule has 0 radical (unpaired) electrons. The zero-order valence-electron chi connectivity index (χ0n) is 45.6. The Balaban J connectivity index is 0.000000231. The normalized spacial score (nSPS) is 16.5. The fourth-order valence-corrected chi connectivity index (χ4v) is 10.2. The van der Waals surface area contributed by atoms with E-state index in [-0.39, 0.29) is 32.0 Å². The summed E-state index contributed by atoms with van der Waals surface area (Å²) in [7, 11) is 13.2. The molecule has 3 aliphatic heterocycles. The van der Waals surface area contributed by atoms with Gasteiger partial charge in [-0.15, -0.1) is 0 Å². The summed E-state index contributed by atoms with van der Waals surface area (Å²) >= 11 is 0. The molecule has 9 rings (SSSR count). The molecule has 2 aliphatic carbocycles. The van der Waals surface area contributed by atoms with Crippen LogP contribution in [-0.4, -0.2) is 166 Å². The Hall–Kier alpha value is -6.42. The molecule has 5 aliphatic rings. The number of carbonyl (C=O) groups excluding carboxylic acids is 4. The number of likely N-dealkylation sites (N-methyl/N-ethyl adjacent to an activating group) is 2. The van der Waals surface area contributed by atoms with Crippen LogP contribution in [0.5, 0.6) is 0 Å². The number of aryl methyl sites for hydroxylation is 5. The van der Waals surface area contributed by atoms with Gasteiger partial charge in [0, 0.05) is 113 Å². The smallest absolute Gasteiger partial charge is 0.328 e. The van der Waals surface area contributed by atoms with Crippen molar-refractivity contribution in [1.82, 2.24) is 39.5 Å². The third kappa shape index (κ3) is 14.8. The summed E-state index contributed by atoms with van der Waals surface area (Å²) in [4.78, 5) is 76.4. The van der Waals surface area contributed by atoms with Crippen LogP contribution >= 0.6 is 0 Å². The van der Waals surface area contributed by atoms with Crippen LogP contribution in [0.15, 0.2) is 30.5 Å². The number of amides is 4. The molecule has 21 nitrogen and oxygen atoms in total. The Morgan fingerprint density at radius 3 is 1.65 bits per heavy atom. The first-order valence-corrected chi connectivity index (χ1v) is 26.0. The largest absolute Gasteiger partial charge is 0.350 e. The highest BCUT2D eigenvalue weighted by Crippen LogP contribution is 2.33. The quantitative estimate of drug-likeness (QED) is 0.0989. The van der Waals surface area contributed by atoms with E-state index >= 15 is 0 Å². The Labute approximate surface area is 458 Å². The number of hydrogen-bond acceptors (Lipinski definition) is 17. The summed E-state index contributed by atoms with van der Waals surface area (Å²) in [5.41, 5.74) is 9.66. The van der Waals surface area contributed by atoms with Crippen LogP contribution in [0.25, 0.3) is 0 Å². The molecule has 0 aromatic carbocycles. The van der Waals surface area contributed by atoms with E-state index in [2.05, 4.69) is 26.3 Å². The number of aromatic nitrogens is 4. The second-order valence-corrected chi connectivity index (χ2v) is 19.6. The first-order valence-electron chi connectivity index (χ1n) is 26.0. The number of hydrogen-bond donors (Lipinski definition) is 1. The predicted octanol–water partition coefficient (Wildman–Crippen LogP) is 6.51. The lowest BCUT2D eigenvalue weighted by atomic mass is 9.93. The highest BCUT2D eigenvalue weighted by atomic mass is 19.1. The standard InChI is InChI=1S/C24H28FN7O4.C18H27N3O3.C13H17NO3.CH4.H2/c1-30-7-8-31(20(33)14-30)13-16-9-15-5-4-6-32(22(15)29-21(16)23(35-2)36-3)24(34)28-19-10-18(25)17(11-26)12-27-19;1-20-8-9-21(16(22)12-20)11-14-10-13-6-4-5-7-15(13)19-17(14)18(23-2)24-3;1-16-13(17-2)12-10(8-15)7-9-5-3-4-6-11(9)14-12;;/h9-10,12,23H,4-8,13-14H2,1-3H3,(H,27,28,34);10,18H,4-9,11-12H2,1-3H3;7-8,13H,3-6H2,1-2H3;1H4;1H/i;;;;1+1. The van der Waals surface area contributed by atoms with Crippen LogP contribution in [0.4, 0.5) is 20.8 Å². The molecule has 4 aromatic rings. The van der Waals surface area contributed by atoms with Gasteiger partial charge in [-0.05, 0) is 118 Å². The average Bonchev–Trinajstić information content (AvgIpc) is 3.51. The highest BCUT2D eigenvalue weighted by Gasteiger charge is 2.32. The van der Waals surface area contributed by atoms with Gasteiger partial charge in [0.1, 0.15) is 46.2 Å². The number of halogens is 1. The number of nitrogens with zero attached hydrogens (tertiary/aromatic N) is 10. The Kier molecular flexibility index (Phi) is 22.6. The van der Waals surface area contributed by atoms with Crippen molar-refractivity contribution < 1.29 is 53.4 Å². The average molecular weight is 1090 g/mol. The number of fused-ring (bicyclic) bond motifs is 3. The number of pyridine rings is 4. The molecule has 0 atom stereocenters. The van der Waals surface area contributed by atoms with Gasteiger partial charge in [-0.25, -0.2) is 19.2 Å². The van der Waals surface area contributed by atoms with E-state index in [1.54, 1.807) is 39.4 Å². The lowest BCUT2D eigenvalue weighted by Crippen LogP contribution is -2.48. The van der Waals surface area contributed by atoms with Gasteiger partial charge in [-0.2, -0.15) is 5.26 Å². The monoisotopic (exact) mass is 1080 g/mol. The van der Waals surface area contributed by atoms with Gasteiger partial charge in [-0.1, -0.05) is 13.5 Å². The van der Waals surface area contributed by atoms with Crippen LogP contribution in [-0.2, 0) is 83.2 Å². The molecule has 2 saturated heterocycles. The maximum absolute atomic E-state index is 14.0. The lowest BCUT2D eigenvalue weighted by Gasteiger charge is -2.34. The number of nitrogens with one attached hydrogen (secondary N) is 1. The Bertz CT molecular complexity index is 2780. The first-order chi connectivity index (χ1) is 37.3. The summed E-state index contributed by atoms with van der Waals surface area (Å²) in [5, 5.41) is 11.5. The number of nitriles is 1. The van der Waals surface area contributed by atoms with Crippen molar-refractivity contribution in [3.05, 3.63) is 104 Å². The maximum Gasteiger partial charge on any atom is 0.328 e. The molecular weight excluding hydrogens is 1010 g/mol. The zero-order chi connectivity index (χ0) is 55.2. The molecule has 0 unspecified atom stereocenters. The number of piperazine rings is 2. The minimum absolute atomic E-state index is 0. The molecule has 4 aromatic heterocycles. The van der Waals surface area contributed by atoms with Gasteiger partial charge in [0.2, 0.25) is 30.7 Å². The summed E-state index contributed by atoms with van der Waals surface area (Å²) < 4.78 is 46.2. The highest BCUT2D eigenvalue weighted by molar-refractivity contribution is 6.01. The molecule has 1 N–H and O–H groups in total. The van der Waals surface area contributed by atoms with Gasteiger partial charge in [0.15, 0.2) is 6.29 Å². The minimum Gasteiger partial charge on any atom is -0.350 e. The third-order valence-corrected chi connectivity index (χ3v) is 14.3. The van der Waals surface area contributed by atoms with Gasteiger partial charge < -0.3 is 38.2 Å². The summed E-state index contributed by atoms with van der Waals surface area (Å²) in [5.74, 6) is -0.148. The number of methoxy groups -OCH3 is 6. The number of carbonyl (C=O) groups is 4. The lowest BCUT2D eigenvalue weighted by molar-refractivity contribution is -0.137. The van der Waals surface area contributed by atoms with Crippen LogP contribution in [0, 0.1) is 17.1 Å². The molecule has 7 heterocycles. The maximum atomic E-state index is 14.0. The SMILES string of the molecule is C.COC(OC)c1nc2c(cc1C=O)CCCC2.COC(OC)c1nc2c(cc1CN1CCN(C)CC1=O)CCCC2.COC(OC)c1nc2c(cc1CN1CCN(C)CC1=O)CCCN2C(=O)Nc1cc(F)c(C#N)cn1.[2HH]. The summed E-state index contributed by atoms with van der Waals surface area (Å²) in [6, 6.07) is 8.26. The van der Waals surface area contributed by atoms with Crippen molar-refractivity contribution in [3.8, 4) is 6.07 Å². The van der Waals surface area contributed by atoms with E-state index < -0.39 is 30.7 Å². The third-order valence-electron chi connectivity index (χ3n) is 14.3. The molecule has 424 valence electrons. The fraction of sp³-hybridized carbons (Fsp3) is 0.554. The van der Waals surface area contributed by atoms with Crippen molar-refractivity contribution >= 4 is 35.8 Å². The van der Waals surface area contributed by atoms with Crippen molar-refractivity contribution in [2.75, 3.05) is 113 Å². The van der Waals surface area contributed by atoms with E-state index in [0.717, 1.165) is 104 Å². The van der Waals surface area contributed by atoms with E-state index in [0.29, 0.717) is 74.9 Å². The Morgan fingerprint density at radius 2 is 1.15 bits per heavy atom. The predicted molar refractivity (Wildman–Crippen MR) is 290 cm³/mol. The van der Waals surface area contributed by atoms with Gasteiger partial charge in [0.05, 0.1) is 19.3 Å². The van der Waals surface area contributed by atoms with Crippen LogP contribution in [0.3, 0.4) is 0 Å². The molecule has 78 heavy (non-hydrogen) atoms. The number of anilines is 2. The van der Waals surface area contributed by atoms with Crippen molar-refractivity contribution in [1.29, 1.82) is 5.26 Å². The van der Waals surface area contributed by atoms with E-state index in [1.807, 2.05) is 36.0 Å². The van der Waals surface area contributed by atoms with Crippen LogP contribution in [0.1, 0.15) is 132 Å². The van der Waals surface area contributed by atoms with Crippen molar-refractivity contribution in [2.45, 2.75) is 104 Å². The van der Waals surface area contributed by atoms with Gasteiger partial charge in [0.25, 0.3) is 0 Å². The van der Waals surface area contributed by atoms with E-state index in [1.165, 1.54) is 49.5 Å².